The van der Waals surface area contributed by atoms with Crippen molar-refractivity contribution in [2.24, 2.45) is 7.05 Å². The van der Waals surface area contributed by atoms with Crippen molar-refractivity contribution in [2.75, 3.05) is 11.9 Å². The number of anilines is 1. The minimum atomic E-state index is -0.512. The molecule has 3 aromatic heterocycles. The van der Waals surface area contributed by atoms with Gasteiger partial charge >= 0.3 is 0 Å². The molecular weight excluding hydrogens is 470 g/mol. The van der Waals surface area contributed by atoms with Gasteiger partial charge in [-0.25, -0.2) is 9.67 Å². The summed E-state index contributed by atoms with van der Waals surface area (Å²) in [7, 11) is 1.76. The number of hydrogen-bond acceptors (Lipinski definition) is 5. The molecule has 7 nitrogen and oxygen atoms in total. The van der Waals surface area contributed by atoms with Gasteiger partial charge in [0.15, 0.2) is 0 Å². The zero-order valence-electron chi connectivity index (χ0n) is 16.8. The topological polar surface area (TPSA) is 85.0 Å². The SMILES string of the molecule is CCn1nc(C(CO)Nc2ccc(Cl)nc2Br)c2c3ccc(C)cc3c(=O)n(C)c21. The van der Waals surface area contributed by atoms with Gasteiger partial charge in [-0.05, 0) is 48.0 Å². The van der Waals surface area contributed by atoms with E-state index in [1.807, 2.05) is 32.0 Å². The van der Waals surface area contributed by atoms with E-state index in [1.165, 1.54) is 0 Å². The third kappa shape index (κ3) is 3.38. The van der Waals surface area contributed by atoms with E-state index >= 15 is 0 Å². The average molecular weight is 491 g/mol. The second-order valence-corrected chi connectivity index (χ2v) is 8.30. The van der Waals surface area contributed by atoms with Crippen LogP contribution >= 0.6 is 27.5 Å². The Bertz CT molecular complexity index is 1330. The quantitative estimate of drug-likeness (QED) is 0.410. The fourth-order valence-corrected chi connectivity index (χ4v) is 4.46. The first-order valence-corrected chi connectivity index (χ1v) is 10.7. The molecule has 0 amide bonds. The number of rotatable bonds is 5. The molecule has 0 radical (unpaired) electrons. The van der Waals surface area contributed by atoms with E-state index < -0.39 is 6.04 Å². The molecule has 1 aromatic carbocycles. The smallest absolute Gasteiger partial charge is 0.259 e. The van der Waals surface area contributed by atoms with Gasteiger partial charge in [-0.1, -0.05) is 29.3 Å². The van der Waals surface area contributed by atoms with Crippen LogP contribution in [0.3, 0.4) is 0 Å². The summed E-state index contributed by atoms with van der Waals surface area (Å²) in [5, 5.41) is 21.0. The monoisotopic (exact) mass is 489 g/mol. The summed E-state index contributed by atoms with van der Waals surface area (Å²) in [6, 6.07) is 8.78. The van der Waals surface area contributed by atoms with Crippen LogP contribution in [0.4, 0.5) is 5.69 Å². The Morgan fingerprint density at radius 3 is 2.70 bits per heavy atom. The fraction of sp³-hybridized carbons (Fsp3) is 0.286. The lowest BCUT2D eigenvalue weighted by atomic mass is 10.0. The van der Waals surface area contributed by atoms with Crippen LogP contribution in [0, 0.1) is 6.92 Å². The summed E-state index contributed by atoms with van der Waals surface area (Å²) < 4.78 is 3.97. The van der Waals surface area contributed by atoms with Crippen LogP contribution in [-0.2, 0) is 13.6 Å². The van der Waals surface area contributed by atoms with Gasteiger partial charge in [0.25, 0.3) is 5.56 Å². The number of aliphatic hydroxyl groups excluding tert-OH is 1. The molecule has 3 heterocycles. The zero-order chi connectivity index (χ0) is 21.6. The Morgan fingerprint density at radius 1 is 1.27 bits per heavy atom. The minimum absolute atomic E-state index is 0.0690. The van der Waals surface area contributed by atoms with Crippen molar-refractivity contribution in [3.8, 4) is 0 Å². The number of nitrogens with zero attached hydrogens (tertiary/aromatic N) is 4. The third-order valence-corrected chi connectivity index (χ3v) is 6.02. The van der Waals surface area contributed by atoms with Gasteiger partial charge in [-0.2, -0.15) is 5.10 Å². The molecule has 1 atom stereocenters. The van der Waals surface area contributed by atoms with Gasteiger partial charge in [0.1, 0.15) is 15.4 Å². The van der Waals surface area contributed by atoms with Crippen molar-refractivity contribution < 1.29 is 5.11 Å². The van der Waals surface area contributed by atoms with Crippen molar-refractivity contribution in [1.29, 1.82) is 0 Å². The number of nitrogens with one attached hydrogen (secondary N) is 1. The molecule has 0 saturated carbocycles. The van der Waals surface area contributed by atoms with E-state index in [4.69, 9.17) is 16.7 Å². The number of aliphatic hydroxyl groups is 1. The molecule has 0 aliphatic rings. The van der Waals surface area contributed by atoms with Crippen LogP contribution in [0.1, 0.15) is 24.2 Å². The van der Waals surface area contributed by atoms with Crippen molar-refractivity contribution in [1.82, 2.24) is 19.3 Å². The summed E-state index contributed by atoms with van der Waals surface area (Å²) in [4.78, 5) is 17.2. The lowest BCUT2D eigenvalue weighted by Crippen LogP contribution is -2.19. The maximum atomic E-state index is 13.0. The van der Waals surface area contributed by atoms with E-state index in [-0.39, 0.29) is 12.2 Å². The van der Waals surface area contributed by atoms with Gasteiger partial charge in [0.05, 0.1) is 29.4 Å². The summed E-state index contributed by atoms with van der Waals surface area (Å²) in [5.74, 6) is 0. The van der Waals surface area contributed by atoms with E-state index in [0.717, 1.165) is 22.0 Å². The molecule has 0 aliphatic carbocycles. The summed E-state index contributed by atoms with van der Waals surface area (Å²) in [5.41, 5.74) is 3.02. The molecule has 9 heteroatoms. The lowest BCUT2D eigenvalue weighted by molar-refractivity contribution is 0.274. The molecular formula is C21H21BrClN5O2. The van der Waals surface area contributed by atoms with Crippen LogP contribution < -0.4 is 10.9 Å². The largest absolute Gasteiger partial charge is 0.394 e. The first-order chi connectivity index (χ1) is 14.3. The van der Waals surface area contributed by atoms with Gasteiger partial charge in [-0.15, -0.1) is 0 Å². The predicted molar refractivity (Wildman–Crippen MR) is 123 cm³/mol. The highest BCUT2D eigenvalue weighted by molar-refractivity contribution is 9.10. The first kappa shape index (κ1) is 20.8. The number of benzene rings is 1. The normalized spacial score (nSPS) is 12.6. The molecule has 30 heavy (non-hydrogen) atoms. The predicted octanol–water partition coefficient (Wildman–Crippen LogP) is 4.17. The highest BCUT2D eigenvalue weighted by Crippen LogP contribution is 2.33. The molecule has 0 spiro atoms. The first-order valence-electron chi connectivity index (χ1n) is 9.54. The lowest BCUT2D eigenvalue weighted by Gasteiger charge is -2.17. The van der Waals surface area contributed by atoms with E-state index in [1.54, 1.807) is 28.4 Å². The number of fused-ring (bicyclic) bond motifs is 3. The molecule has 4 rings (SSSR count). The molecule has 0 aliphatic heterocycles. The van der Waals surface area contributed by atoms with Crippen molar-refractivity contribution in [2.45, 2.75) is 26.4 Å². The average Bonchev–Trinajstić information content (AvgIpc) is 3.11. The zero-order valence-corrected chi connectivity index (χ0v) is 19.1. The number of aryl methyl sites for hydroxylation is 3. The Morgan fingerprint density at radius 2 is 2.03 bits per heavy atom. The molecule has 1 unspecified atom stereocenters. The number of aromatic nitrogens is 4. The maximum Gasteiger partial charge on any atom is 0.259 e. The third-order valence-electron chi connectivity index (χ3n) is 5.21. The van der Waals surface area contributed by atoms with Crippen molar-refractivity contribution in [3.63, 3.8) is 0 Å². The summed E-state index contributed by atoms with van der Waals surface area (Å²) >= 11 is 9.35. The minimum Gasteiger partial charge on any atom is -0.394 e. The summed E-state index contributed by atoms with van der Waals surface area (Å²) in [6.07, 6.45) is 0. The van der Waals surface area contributed by atoms with E-state index in [9.17, 15) is 9.90 Å². The number of pyridine rings is 2. The highest BCUT2D eigenvalue weighted by Gasteiger charge is 2.24. The van der Waals surface area contributed by atoms with Crippen LogP contribution in [-0.4, -0.2) is 31.0 Å². The second-order valence-electron chi connectivity index (χ2n) is 7.16. The highest BCUT2D eigenvalue weighted by atomic mass is 79.9. The van der Waals surface area contributed by atoms with Crippen molar-refractivity contribution >= 4 is 55.0 Å². The second kappa shape index (κ2) is 8.02. The fourth-order valence-electron chi connectivity index (χ4n) is 3.77. The molecule has 0 saturated heterocycles. The van der Waals surface area contributed by atoms with E-state index in [0.29, 0.717) is 33.1 Å². The van der Waals surface area contributed by atoms with Crippen LogP contribution in [0.15, 0.2) is 39.7 Å². The van der Waals surface area contributed by atoms with E-state index in [2.05, 4.69) is 26.2 Å². The maximum absolute atomic E-state index is 13.0. The molecule has 2 N–H and O–H groups in total. The van der Waals surface area contributed by atoms with Crippen LogP contribution in [0.5, 0.6) is 0 Å². The molecule has 0 fully saturated rings. The molecule has 156 valence electrons. The van der Waals surface area contributed by atoms with Crippen LogP contribution in [0.2, 0.25) is 5.15 Å². The Kier molecular flexibility index (Phi) is 5.57. The van der Waals surface area contributed by atoms with Gasteiger partial charge in [0, 0.05) is 24.4 Å². The Labute approximate surface area is 186 Å². The molecule has 0 bridgehead atoms. The Hall–Kier alpha value is -2.42. The number of halogens is 2. The standard InChI is InChI=1S/C21H21BrClN5O2/c1-4-28-20-17(12-6-5-11(2)9-13(12)21(30)27(20)3)18(26-28)15(10-29)24-14-7-8-16(23)25-19(14)22/h5-9,15,24,29H,4,10H2,1-3H3. The van der Waals surface area contributed by atoms with Crippen molar-refractivity contribution in [3.05, 3.63) is 61.7 Å². The number of hydrogen-bond donors (Lipinski definition) is 2. The van der Waals surface area contributed by atoms with Gasteiger partial charge < -0.3 is 10.4 Å². The van der Waals surface area contributed by atoms with Gasteiger partial charge in [0.2, 0.25) is 0 Å². The Balaban J connectivity index is 1.99. The van der Waals surface area contributed by atoms with Gasteiger partial charge in [-0.3, -0.25) is 9.36 Å². The van der Waals surface area contributed by atoms with Crippen LogP contribution in [0.25, 0.3) is 21.8 Å². The summed E-state index contributed by atoms with van der Waals surface area (Å²) in [6.45, 7) is 4.33. The molecule has 4 aromatic rings.